The maximum Gasteiger partial charge on any atom is 0.418 e. The van der Waals surface area contributed by atoms with Gasteiger partial charge in [0.05, 0.1) is 23.4 Å². The first kappa shape index (κ1) is 25.7. The predicted molar refractivity (Wildman–Crippen MR) is 117 cm³/mol. The number of aromatic nitrogens is 1. The third kappa shape index (κ3) is 4.97. The van der Waals surface area contributed by atoms with E-state index in [1.165, 1.54) is 30.3 Å². The molecule has 4 amide bonds. The van der Waals surface area contributed by atoms with Crippen molar-refractivity contribution < 1.29 is 40.7 Å². The molecule has 13 heteroatoms. The van der Waals surface area contributed by atoms with Gasteiger partial charge in [-0.05, 0) is 41.5 Å². The number of hydrogen-bond acceptors (Lipinski definition) is 4. The van der Waals surface area contributed by atoms with Crippen molar-refractivity contribution in [3.8, 4) is 11.1 Å². The molecule has 1 aromatic heterocycles. The van der Waals surface area contributed by atoms with Crippen LogP contribution in [-0.4, -0.2) is 29.4 Å². The zero-order valence-electron chi connectivity index (χ0n) is 18.5. The number of nitrogens with zero attached hydrogens (tertiary/aromatic N) is 1. The molecule has 1 aliphatic heterocycles. The van der Waals surface area contributed by atoms with Crippen LogP contribution < -0.4 is 16.0 Å². The van der Waals surface area contributed by atoms with E-state index in [9.17, 15) is 40.7 Å². The SMILES string of the molecule is O=C1NC(=O)C(CNC(=O)c2ccccc2-c2ccc(C(F)(F)F)cc2)(c2ncccc2C(F)(F)F)N1. The maximum absolute atomic E-state index is 13.7. The van der Waals surface area contributed by atoms with Crippen molar-refractivity contribution >= 4 is 17.8 Å². The predicted octanol–water partition coefficient (Wildman–Crippen LogP) is 4.25. The van der Waals surface area contributed by atoms with E-state index in [0.29, 0.717) is 6.07 Å². The summed E-state index contributed by atoms with van der Waals surface area (Å²) < 4.78 is 79.7. The molecule has 0 bridgehead atoms. The van der Waals surface area contributed by atoms with Crippen molar-refractivity contribution in [2.45, 2.75) is 17.9 Å². The molecule has 0 spiro atoms. The summed E-state index contributed by atoms with van der Waals surface area (Å²) >= 11 is 0. The van der Waals surface area contributed by atoms with E-state index in [2.05, 4.69) is 15.6 Å². The van der Waals surface area contributed by atoms with Crippen LogP contribution in [0.15, 0.2) is 66.9 Å². The molecule has 2 aromatic carbocycles. The van der Waals surface area contributed by atoms with E-state index in [4.69, 9.17) is 0 Å². The van der Waals surface area contributed by atoms with E-state index < -0.39 is 59.1 Å². The number of amides is 4. The molecule has 0 saturated carbocycles. The minimum atomic E-state index is -4.93. The van der Waals surface area contributed by atoms with E-state index in [1.807, 2.05) is 5.32 Å². The fourth-order valence-corrected chi connectivity index (χ4v) is 3.92. The van der Waals surface area contributed by atoms with Gasteiger partial charge in [0.15, 0.2) is 5.54 Å². The maximum atomic E-state index is 13.7. The highest BCUT2D eigenvalue weighted by Crippen LogP contribution is 2.37. The van der Waals surface area contributed by atoms with Crippen LogP contribution in [0.5, 0.6) is 0 Å². The Hall–Kier alpha value is -4.42. The molecule has 0 radical (unpaired) electrons. The van der Waals surface area contributed by atoms with Gasteiger partial charge in [-0.3, -0.25) is 19.9 Å². The average Bonchev–Trinajstić information content (AvgIpc) is 3.15. The molecule has 1 unspecified atom stereocenters. The number of imide groups is 1. The zero-order valence-corrected chi connectivity index (χ0v) is 18.5. The summed E-state index contributed by atoms with van der Waals surface area (Å²) in [6.45, 7) is -0.801. The third-order valence-corrected chi connectivity index (χ3v) is 5.67. The van der Waals surface area contributed by atoms with Crippen molar-refractivity contribution in [1.29, 1.82) is 0 Å². The lowest BCUT2D eigenvalue weighted by Crippen LogP contribution is -2.54. The molecule has 3 aromatic rings. The third-order valence-electron chi connectivity index (χ3n) is 5.67. The highest BCUT2D eigenvalue weighted by molar-refractivity contribution is 6.08. The van der Waals surface area contributed by atoms with Gasteiger partial charge in [0.1, 0.15) is 0 Å². The monoisotopic (exact) mass is 522 g/mol. The summed E-state index contributed by atoms with van der Waals surface area (Å²) in [4.78, 5) is 41.4. The van der Waals surface area contributed by atoms with Crippen molar-refractivity contribution in [3.05, 3.63) is 89.2 Å². The second-order valence-electron chi connectivity index (χ2n) is 8.01. The Labute approximate surface area is 204 Å². The van der Waals surface area contributed by atoms with Gasteiger partial charge in [-0.15, -0.1) is 0 Å². The Morgan fingerprint density at radius 1 is 0.892 bits per heavy atom. The Morgan fingerprint density at radius 3 is 2.16 bits per heavy atom. The Bertz CT molecular complexity index is 1370. The molecule has 7 nitrogen and oxygen atoms in total. The van der Waals surface area contributed by atoms with Crippen LogP contribution >= 0.6 is 0 Å². The van der Waals surface area contributed by atoms with Gasteiger partial charge in [0.2, 0.25) is 0 Å². The van der Waals surface area contributed by atoms with Crippen LogP contribution in [0.1, 0.15) is 27.2 Å². The molecule has 0 aliphatic carbocycles. The molecule has 2 heterocycles. The van der Waals surface area contributed by atoms with Gasteiger partial charge < -0.3 is 10.6 Å². The Kier molecular flexibility index (Phi) is 6.40. The van der Waals surface area contributed by atoms with E-state index >= 15 is 0 Å². The van der Waals surface area contributed by atoms with Crippen LogP contribution in [0.4, 0.5) is 31.1 Å². The second-order valence-corrected chi connectivity index (χ2v) is 8.01. The smallest absolute Gasteiger partial charge is 0.349 e. The summed E-state index contributed by atoms with van der Waals surface area (Å²) in [6, 6.07) is 10.5. The average molecular weight is 522 g/mol. The van der Waals surface area contributed by atoms with Crippen molar-refractivity contribution in [2.24, 2.45) is 0 Å². The summed E-state index contributed by atoms with van der Waals surface area (Å²) in [5.74, 6) is -2.01. The Balaban J connectivity index is 1.67. The lowest BCUT2D eigenvalue weighted by molar-refractivity contribution is -0.140. The molecule has 1 atom stereocenters. The van der Waals surface area contributed by atoms with Crippen molar-refractivity contribution in [3.63, 3.8) is 0 Å². The fraction of sp³-hybridized carbons (Fsp3) is 0.167. The molecule has 1 saturated heterocycles. The van der Waals surface area contributed by atoms with Gasteiger partial charge in [0, 0.05) is 11.8 Å². The molecule has 1 aliphatic rings. The number of carbonyl (C=O) groups is 3. The second kappa shape index (κ2) is 9.22. The summed E-state index contributed by atoms with van der Waals surface area (Å²) in [5.41, 5.74) is -4.89. The standard InChI is InChI=1S/C24H16F6N4O3/c25-23(26,27)14-9-7-13(8-10-14)15-4-1-2-5-16(15)19(35)32-12-22(20(36)33-21(37)34-22)18-17(24(28,29)30)6-3-11-31-18/h1-11H,12H2,(H,32,35)(H2,33,34,36,37). The van der Waals surface area contributed by atoms with Gasteiger partial charge in [0.25, 0.3) is 11.8 Å². The van der Waals surface area contributed by atoms with Gasteiger partial charge in [-0.25, -0.2) is 4.79 Å². The number of halogens is 6. The number of alkyl halides is 6. The quantitative estimate of drug-likeness (QED) is 0.345. The van der Waals surface area contributed by atoms with Crippen molar-refractivity contribution in [1.82, 2.24) is 20.9 Å². The minimum absolute atomic E-state index is 0.0285. The van der Waals surface area contributed by atoms with E-state index in [-0.39, 0.29) is 16.7 Å². The number of rotatable bonds is 5. The Morgan fingerprint density at radius 2 is 1.57 bits per heavy atom. The first-order valence-electron chi connectivity index (χ1n) is 10.5. The minimum Gasteiger partial charge on any atom is -0.349 e. The topological polar surface area (TPSA) is 100 Å². The summed E-state index contributed by atoms with van der Waals surface area (Å²) in [7, 11) is 0. The number of pyridine rings is 1. The van der Waals surface area contributed by atoms with Crippen LogP contribution in [0.2, 0.25) is 0 Å². The number of benzene rings is 2. The van der Waals surface area contributed by atoms with Crippen LogP contribution in [0, 0.1) is 0 Å². The fourth-order valence-electron chi connectivity index (χ4n) is 3.92. The van der Waals surface area contributed by atoms with E-state index in [1.54, 1.807) is 6.07 Å². The number of nitrogens with one attached hydrogen (secondary N) is 3. The largest absolute Gasteiger partial charge is 0.418 e. The molecule has 37 heavy (non-hydrogen) atoms. The van der Waals surface area contributed by atoms with Crippen LogP contribution in [-0.2, 0) is 22.7 Å². The molecular weight excluding hydrogens is 506 g/mol. The summed E-state index contributed by atoms with van der Waals surface area (Å²) in [5, 5.41) is 6.35. The first-order chi connectivity index (χ1) is 17.3. The highest BCUT2D eigenvalue weighted by Gasteiger charge is 2.53. The summed E-state index contributed by atoms with van der Waals surface area (Å²) in [6.07, 6.45) is -8.48. The lowest BCUT2D eigenvalue weighted by Gasteiger charge is -2.28. The lowest BCUT2D eigenvalue weighted by atomic mass is 9.90. The molecule has 1 fully saturated rings. The highest BCUT2D eigenvalue weighted by atomic mass is 19.4. The zero-order chi connectivity index (χ0) is 27.0. The van der Waals surface area contributed by atoms with Gasteiger partial charge in [-0.1, -0.05) is 30.3 Å². The van der Waals surface area contributed by atoms with Gasteiger partial charge >= 0.3 is 18.4 Å². The van der Waals surface area contributed by atoms with Crippen molar-refractivity contribution in [2.75, 3.05) is 6.54 Å². The molecule has 4 rings (SSSR count). The molecular formula is C24H16F6N4O3. The van der Waals surface area contributed by atoms with E-state index in [0.717, 1.165) is 24.4 Å². The number of carbonyl (C=O) groups excluding carboxylic acids is 3. The number of urea groups is 1. The molecule has 192 valence electrons. The normalized spacial score (nSPS) is 17.8. The van der Waals surface area contributed by atoms with Crippen LogP contribution in [0.3, 0.4) is 0 Å². The first-order valence-corrected chi connectivity index (χ1v) is 10.5. The molecule has 3 N–H and O–H groups in total. The van der Waals surface area contributed by atoms with Crippen LogP contribution in [0.25, 0.3) is 11.1 Å². The van der Waals surface area contributed by atoms with Gasteiger partial charge in [-0.2, -0.15) is 26.3 Å². The number of hydrogen-bond donors (Lipinski definition) is 3.